The summed E-state index contributed by atoms with van der Waals surface area (Å²) in [6.45, 7) is 9.03. The van der Waals surface area contributed by atoms with Crippen LogP contribution in [0.5, 0.6) is 0 Å². The minimum atomic E-state index is -0.378. The number of amides is 2. The van der Waals surface area contributed by atoms with Gasteiger partial charge in [0.05, 0.1) is 17.9 Å². The topological polar surface area (TPSA) is 93.3 Å². The zero-order chi connectivity index (χ0) is 26.7. The van der Waals surface area contributed by atoms with Crippen molar-refractivity contribution in [3.8, 4) is 11.3 Å². The van der Waals surface area contributed by atoms with Gasteiger partial charge < -0.3 is 14.7 Å². The van der Waals surface area contributed by atoms with Gasteiger partial charge in [-0.1, -0.05) is 42.7 Å². The lowest BCUT2D eigenvalue weighted by Crippen LogP contribution is -2.34. The summed E-state index contributed by atoms with van der Waals surface area (Å²) in [6, 6.07) is 8.33. The van der Waals surface area contributed by atoms with Gasteiger partial charge in [0.15, 0.2) is 5.15 Å². The smallest absolute Gasteiger partial charge is 0.223 e. The number of nitrogens with one attached hydrogen (secondary N) is 1. The maximum atomic E-state index is 14.0. The van der Waals surface area contributed by atoms with E-state index in [9.17, 15) is 14.0 Å². The minimum absolute atomic E-state index is 0.343. The van der Waals surface area contributed by atoms with Gasteiger partial charge in [0.2, 0.25) is 12.3 Å². The monoisotopic (exact) mass is 519 g/mol. The van der Waals surface area contributed by atoms with E-state index < -0.39 is 0 Å². The number of benzene rings is 1. The normalized spacial score (nSPS) is 15.4. The third-order valence-corrected chi connectivity index (χ3v) is 5.92. The van der Waals surface area contributed by atoms with Crippen LogP contribution in [0.4, 0.5) is 4.39 Å². The molecule has 2 atom stereocenters. The number of rotatable bonds is 6. The fraction of sp³-hybridized carbons (Fsp3) is 0.462. The van der Waals surface area contributed by atoms with Gasteiger partial charge in [0.1, 0.15) is 12.1 Å². The minimum Gasteiger partial charge on any atom is -0.365 e. The maximum absolute atomic E-state index is 14.0. The first kappa shape index (κ1) is 29.0. The Balaban J connectivity index is 0.000000227. The van der Waals surface area contributed by atoms with Crippen molar-refractivity contribution in [2.45, 2.75) is 59.0 Å². The average Bonchev–Trinajstić information content (AvgIpc) is 3.57. The third-order valence-electron chi connectivity index (χ3n) is 5.73. The highest BCUT2D eigenvalue weighted by molar-refractivity contribution is 6.29. The first-order chi connectivity index (χ1) is 17.1. The highest BCUT2D eigenvalue weighted by Crippen LogP contribution is 2.26. The Morgan fingerprint density at radius 2 is 2.08 bits per heavy atom. The van der Waals surface area contributed by atoms with Crippen molar-refractivity contribution in [3.05, 3.63) is 59.3 Å². The van der Waals surface area contributed by atoms with Gasteiger partial charge >= 0.3 is 0 Å². The van der Waals surface area contributed by atoms with Crippen molar-refractivity contribution in [1.29, 1.82) is 0 Å². The standard InChI is InChI=1S/C13H13ClFN3O.C10H19NO.C3H3NO/c1-8(16-7-19)10-4-3-9(5-11(10)15)12-6-13(14)17-18(12)2;1-8(2)7-10(12)11-6-4-5-9(11)3;1-2-4-5-3-1/h3-8H,1-2H3,(H,16,19);8-9H,4-7H2,1-3H3;1-3H. The number of aromatic nitrogens is 3. The summed E-state index contributed by atoms with van der Waals surface area (Å²) in [5.41, 5.74) is 1.84. The second kappa shape index (κ2) is 14.4. The summed E-state index contributed by atoms with van der Waals surface area (Å²) in [5.74, 6) is 0.456. The van der Waals surface area contributed by atoms with Crippen LogP contribution < -0.4 is 5.32 Å². The summed E-state index contributed by atoms with van der Waals surface area (Å²) < 4.78 is 19.9. The van der Waals surface area contributed by atoms with E-state index in [0.717, 1.165) is 12.2 Å². The Kier molecular flexibility index (Phi) is 11.6. The van der Waals surface area contributed by atoms with Gasteiger partial charge in [0, 0.05) is 43.2 Å². The molecule has 0 bridgehead atoms. The van der Waals surface area contributed by atoms with E-state index >= 15 is 0 Å². The van der Waals surface area contributed by atoms with Gasteiger partial charge in [0.25, 0.3) is 0 Å². The fourth-order valence-electron chi connectivity index (χ4n) is 3.88. The third kappa shape index (κ3) is 8.78. The fourth-order valence-corrected chi connectivity index (χ4v) is 4.09. The van der Waals surface area contributed by atoms with E-state index in [-0.39, 0.29) is 11.9 Å². The number of likely N-dealkylation sites (tertiary alicyclic amines) is 1. The number of halogens is 2. The highest BCUT2D eigenvalue weighted by Gasteiger charge is 2.24. The number of nitrogens with zero attached hydrogens (tertiary/aromatic N) is 4. The quantitative estimate of drug-likeness (QED) is 0.440. The molecule has 3 heterocycles. The number of hydrogen-bond donors (Lipinski definition) is 1. The van der Waals surface area contributed by atoms with E-state index in [1.54, 1.807) is 49.1 Å². The molecule has 0 spiro atoms. The molecular weight excluding hydrogens is 485 g/mol. The van der Waals surface area contributed by atoms with Gasteiger partial charge in [-0.15, -0.1) is 0 Å². The second-order valence-corrected chi connectivity index (χ2v) is 9.47. The molecule has 36 heavy (non-hydrogen) atoms. The van der Waals surface area contributed by atoms with Crippen molar-refractivity contribution in [2.24, 2.45) is 13.0 Å². The predicted molar refractivity (Wildman–Crippen MR) is 138 cm³/mol. The molecule has 1 aliphatic heterocycles. The van der Waals surface area contributed by atoms with Gasteiger partial charge in [-0.05, 0) is 44.7 Å². The Morgan fingerprint density at radius 3 is 2.53 bits per heavy atom. The Hall–Kier alpha value is -3.20. The van der Waals surface area contributed by atoms with Gasteiger partial charge in [-0.3, -0.25) is 14.3 Å². The second-order valence-electron chi connectivity index (χ2n) is 9.08. The molecule has 1 saturated heterocycles. The molecule has 2 amide bonds. The van der Waals surface area contributed by atoms with Crippen molar-refractivity contribution >= 4 is 23.9 Å². The van der Waals surface area contributed by atoms with Crippen LogP contribution in [0.1, 0.15) is 58.6 Å². The van der Waals surface area contributed by atoms with Crippen LogP contribution in [-0.4, -0.2) is 44.7 Å². The van der Waals surface area contributed by atoms with E-state index in [1.165, 1.54) is 25.2 Å². The molecule has 1 aliphatic rings. The molecule has 1 N–H and O–H groups in total. The summed E-state index contributed by atoms with van der Waals surface area (Å²) >= 11 is 5.80. The molecular formula is C26H35ClFN5O3. The molecule has 2 unspecified atom stereocenters. The number of hydrogen-bond acceptors (Lipinski definition) is 5. The lowest BCUT2D eigenvalue weighted by atomic mass is 10.0. The van der Waals surface area contributed by atoms with Crippen molar-refractivity contribution in [1.82, 2.24) is 25.2 Å². The molecule has 1 aromatic carbocycles. The summed E-state index contributed by atoms with van der Waals surface area (Å²) in [4.78, 5) is 24.0. The van der Waals surface area contributed by atoms with E-state index in [0.29, 0.717) is 47.0 Å². The van der Waals surface area contributed by atoms with Crippen molar-refractivity contribution in [3.63, 3.8) is 0 Å². The van der Waals surface area contributed by atoms with Gasteiger partial charge in [-0.2, -0.15) is 5.10 Å². The van der Waals surface area contributed by atoms with Crippen LogP contribution in [0.3, 0.4) is 0 Å². The number of carbonyl (C=O) groups excluding carboxylic acids is 2. The van der Waals surface area contributed by atoms with E-state index in [1.807, 2.05) is 4.90 Å². The molecule has 2 aromatic heterocycles. The molecule has 10 heteroatoms. The first-order valence-corrected chi connectivity index (χ1v) is 12.3. The molecule has 3 aromatic rings. The van der Waals surface area contributed by atoms with Crippen LogP contribution in [0, 0.1) is 11.7 Å². The van der Waals surface area contributed by atoms with E-state index in [4.69, 9.17) is 11.6 Å². The number of carbonyl (C=O) groups is 2. The highest BCUT2D eigenvalue weighted by atomic mass is 35.5. The van der Waals surface area contributed by atoms with Crippen molar-refractivity contribution in [2.75, 3.05) is 6.54 Å². The Labute approximate surface area is 216 Å². The Morgan fingerprint density at radius 1 is 1.33 bits per heavy atom. The largest absolute Gasteiger partial charge is 0.365 e. The van der Waals surface area contributed by atoms with Crippen LogP contribution in [-0.2, 0) is 16.6 Å². The lowest BCUT2D eigenvalue weighted by Gasteiger charge is -2.22. The average molecular weight is 520 g/mol. The van der Waals surface area contributed by atoms with Gasteiger partial charge in [-0.25, -0.2) is 4.39 Å². The van der Waals surface area contributed by atoms with E-state index in [2.05, 4.69) is 40.9 Å². The number of aryl methyl sites for hydroxylation is 1. The Bertz CT molecular complexity index is 1070. The predicted octanol–water partition coefficient (Wildman–Crippen LogP) is 5.40. The van der Waals surface area contributed by atoms with Crippen LogP contribution in [0.2, 0.25) is 5.15 Å². The van der Waals surface area contributed by atoms with Crippen LogP contribution >= 0.6 is 11.6 Å². The van der Waals surface area contributed by atoms with Crippen LogP contribution in [0.25, 0.3) is 11.3 Å². The maximum Gasteiger partial charge on any atom is 0.223 e. The summed E-state index contributed by atoms with van der Waals surface area (Å²) in [7, 11) is 1.74. The molecule has 196 valence electrons. The molecule has 0 radical (unpaired) electrons. The van der Waals surface area contributed by atoms with Crippen molar-refractivity contribution < 1.29 is 18.5 Å². The molecule has 0 saturated carbocycles. The SMILES string of the molecule is CC(C)CC(=O)N1CCCC1C.CC(NC=O)c1ccc(-c2cc(Cl)nn2C)cc1F.c1cnoc1. The molecule has 1 fully saturated rings. The zero-order valence-corrected chi connectivity index (χ0v) is 22.2. The lowest BCUT2D eigenvalue weighted by molar-refractivity contribution is -0.132. The first-order valence-electron chi connectivity index (χ1n) is 12.0. The molecule has 4 rings (SSSR count). The molecule has 0 aliphatic carbocycles. The summed E-state index contributed by atoms with van der Waals surface area (Å²) in [5, 5.41) is 10.2. The van der Waals surface area contributed by atoms with Crippen LogP contribution in [0.15, 0.2) is 47.3 Å². The zero-order valence-electron chi connectivity index (χ0n) is 21.4. The summed E-state index contributed by atoms with van der Waals surface area (Å²) in [6.07, 6.45) is 6.73. The molecule has 8 nitrogen and oxygen atoms in total.